The van der Waals surface area contributed by atoms with Gasteiger partial charge in [-0.25, -0.2) is 18.0 Å². The number of carboxylic acids is 1. The summed E-state index contributed by atoms with van der Waals surface area (Å²) in [6, 6.07) is 5.41. The number of anilines is 1. The Morgan fingerprint density at radius 2 is 1.86 bits per heavy atom. The van der Waals surface area contributed by atoms with Crippen LogP contribution in [0.25, 0.3) is 0 Å². The first-order chi connectivity index (χ1) is 9.88. The van der Waals surface area contributed by atoms with Crippen LogP contribution in [0.5, 0.6) is 0 Å². The minimum absolute atomic E-state index is 0.0409. The molecule has 2 N–H and O–H groups in total. The van der Waals surface area contributed by atoms with Crippen LogP contribution in [0.4, 0.5) is 18.9 Å². The maximum atomic E-state index is 13.6. The number of carboxylic acid groups (broad SMARTS) is 1. The van der Waals surface area contributed by atoms with Crippen molar-refractivity contribution >= 4 is 27.6 Å². The second kappa shape index (κ2) is 6.17. The van der Waals surface area contributed by atoms with Crippen molar-refractivity contribution in [2.24, 2.45) is 0 Å². The van der Waals surface area contributed by atoms with Gasteiger partial charge in [-0.15, -0.1) is 0 Å². The Hall–Kier alpha value is -2.02. The van der Waals surface area contributed by atoms with Gasteiger partial charge in [-0.1, -0.05) is 6.07 Å². The van der Waals surface area contributed by atoms with E-state index < -0.39 is 29.0 Å². The van der Waals surface area contributed by atoms with E-state index in [1.165, 1.54) is 6.07 Å². The molecule has 2 rings (SSSR count). The topological polar surface area (TPSA) is 49.3 Å². The quantitative estimate of drug-likeness (QED) is 0.860. The summed E-state index contributed by atoms with van der Waals surface area (Å²) in [7, 11) is 0. The van der Waals surface area contributed by atoms with E-state index in [-0.39, 0.29) is 16.7 Å². The highest BCUT2D eigenvalue weighted by Crippen LogP contribution is 2.27. The minimum atomic E-state index is -1.36. The van der Waals surface area contributed by atoms with Crippen molar-refractivity contribution in [3.05, 3.63) is 63.4 Å². The van der Waals surface area contributed by atoms with Gasteiger partial charge in [0.25, 0.3) is 0 Å². The molecule has 0 spiro atoms. The zero-order valence-electron chi connectivity index (χ0n) is 10.5. The van der Waals surface area contributed by atoms with Gasteiger partial charge in [0.1, 0.15) is 17.5 Å². The van der Waals surface area contributed by atoms with Crippen LogP contribution >= 0.6 is 15.9 Å². The minimum Gasteiger partial charge on any atom is -0.478 e. The molecule has 0 unspecified atom stereocenters. The molecule has 3 nitrogen and oxygen atoms in total. The third kappa shape index (κ3) is 3.55. The highest BCUT2D eigenvalue weighted by molar-refractivity contribution is 9.10. The predicted molar refractivity (Wildman–Crippen MR) is 74.7 cm³/mol. The lowest BCUT2D eigenvalue weighted by molar-refractivity contribution is 0.0692. The summed E-state index contributed by atoms with van der Waals surface area (Å²) in [5.74, 6) is -3.74. The van der Waals surface area contributed by atoms with Crippen LogP contribution in [0.1, 0.15) is 15.9 Å². The van der Waals surface area contributed by atoms with E-state index in [4.69, 9.17) is 5.11 Å². The first kappa shape index (κ1) is 15.4. The Balaban J connectivity index is 2.17. The molecule has 0 atom stereocenters. The molecule has 21 heavy (non-hydrogen) atoms. The average Bonchev–Trinajstić information content (AvgIpc) is 2.36. The van der Waals surface area contributed by atoms with Gasteiger partial charge in [-0.05, 0) is 39.7 Å². The number of carbonyl (C=O) groups is 1. The number of aromatic carboxylic acids is 1. The number of hydrogen-bond acceptors (Lipinski definition) is 2. The number of rotatable bonds is 4. The molecule has 0 saturated heterocycles. The normalized spacial score (nSPS) is 10.5. The van der Waals surface area contributed by atoms with Crippen molar-refractivity contribution < 1.29 is 23.1 Å². The SMILES string of the molecule is O=C(O)c1ccc(CNc2c(F)cc(F)cc2Br)cc1F. The van der Waals surface area contributed by atoms with Crippen molar-refractivity contribution in [2.45, 2.75) is 6.54 Å². The third-order valence-corrected chi connectivity index (χ3v) is 3.37. The monoisotopic (exact) mass is 359 g/mol. The molecule has 0 amide bonds. The largest absolute Gasteiger partial charge is 0.478 e. The lowest BCUT2D eigenvalue weighted by Gasteiger charge is -2.10. The van der Waals surface area contributed by atoms with E-state index in [0.717, 1.165) is 24.3 Å². The molecule has 0 aromatic heterocycles. The fraction of sp³-hybridized carbons (Fsp3) is 0.0714. The Labute approximate surface area is 126 Å². The molecule has 7 heteroatoms. The van der Waals surface area contributed by atoms with Gasteiger partial charge in [0.15, 0.2) is 0 Å². The lowest BCUT2D eigenvalue weighted by atomic mass is 10.1. The van der Waals surface area contributed by atoms with E-state index >= 15 is 0 Å². The van der Waals surface area contributed by atoms with Gasteiger partial charge in [-0.3, -0.25) is 0 Å². The Morgan fingerprint density at radius 1 is 1.14 bits per heavy atom. The maximum Gasteiger partial charge on any atom is 0.338 e. The number of benzene rings is 2. The second-order valence-corrected chi connectivity index (χ2v) is 5.07. The van der Waals surface area contributed by atoms with Gasteiger partial charge in [0, 0.05) is 17.1 Å². The molecule has 0 aliphatic rings. The zero-order valence-corrected chi connectivity index (χ0v) is 12.0. The Kier molecular flexibility index (Phi) is 4.52. The molecule has 110 valence electrons. The molecule has 0 fully saturated rings. The van der Waals surface area contributed by atoms with Crippen LogP contribution in [-0.4, -0.2) is 11.1 Å². The summed E-state index contributed by atoms with van der Waals surface area (Å²) < 4.78 is 40.2. The van der Waals surface area contributed by atoms with Crippen LogP contribution in [0, 0.1) is 17.5 Å². The van der Waals surface area contributed by atoms with Gasteiger partial charge in [-0.2, -0.15) is 0 Å². The summed E-state index contributed by atoms with van der Waals surface area (Å²) in [5.41, 5.74) is 0.0279. The lowest BCUT2D eigenvalue weighted by Crippen LogP contribution is -2.05. The maximum absolute atomic E-state index is 13.6. The van der Waals surface area contributed by atoms with Gasteiger partial charge in [0.05, 0.1) is 11.3 Å². The van der Waals surface area contributed by atoms with Crippen LogP contribution in [0.3, 0.4) is 0 Å². The third-order valence-electron chi connectivity index (χ3n) is 2.74. The first-order valence-electron chi connectivity index (χ1n) is 5.78. The van der Waals surface area contributed by atoms with E-state index in [1.54, 1.807) is 0 Å². The molecule has 0 heterocycles. The summed E-state index contributed by atoms with van der Waals surface area (Å²) in [6.07, 6.45) is 0. The van der Waals surface area contributed by atoms with Gasteiger partial charge in [0.2, 0.25) is 0 Å². The highest BCUT2D eigenvalue weighted by Gasteiger charge is 2.12. The summed E-state index contributed by atoms with van der Waals surface area (Å²) in [6.45, 7) is 0.0535. The molecule has 2 aromatic rings. The van der Waals surface area contributed by atoms with Crippen molar-refractivity contribution in [1.82, 2.24) is 0 Å². The number of hydrogen-bond donors (Lipinski definition) is 2. The van der Waals surface area contributed by atoms with Gasteiger partial charge < -0.3 is 10.4 Å². The Morgan fingerprint density at radius 3 is 2.43 bits per heavy atom. The number of nitrogens with one attached hydrogen (secondary N) is 1. The molecular weight excluding hydrogens is 351 g/mol. The van der Waals surface area contributed by atoms with Crippen molar-refractivity contribution in [2.75, 3.05) is 5.32 Å². The number of halogens is 4. The van der Waals surface area contributed by atoms with Crippen LogP contribution in [0.2, 0.25) is 0 Å². The van der Waals surface area contributed by atoms with Crippen LogP contribution in [0.15, 0.2) is 34.8 Å². The molecule has 2 aromatic carbocycles. The second-order valence-electron chi connectivity index (χ2n) is 4.22. The molecule has 0 aliphatic heterocycles. The van der Waals surface area contributed by atoms with E-state index in [0.29, 0.717) is 5.56 Å². The van der Waals surface area contributed by atoms with Gasteiger partial charge >= 0.3 is 5.97 Å². The molecule has 0 bridgehead atoms. The molecule has 0 aliphatic carbocycles. The summed E-state index contributed by atoms with van der Waals surface area (Å²) in [5, 5.41) is 11.4. The van der Waals surface area contributed by atoms with E-state index in [1.807, 2.05) is 0 Å². The fourth-order valence-electron chi connectivity index (χ4n) is 1.74. The smallest absolute Gasteiger partial charge is 0.338 e. The zero-order chi connectivity index (χ0) is 15.6. The van der Waals surface area contributed by atoms with E-state index in [9.17, 15) is 18.0 Å². The van der Waals surface area contributed by atoms with Crippen LogP contribution in [-0.2, 0) is 6.54 Å². The standard InChI is InChI=1S/C14H9BrF3NO2/c15-10-4-8(16)5-12(18)13(10)19-6-7-1-2-9(14(20)21)11(17)3-7/h1-5,19H,6H2,(H,20,21). The Bertz CT molecular complexity index is 684. The van der Waals surface area contributed by atoms with Crippen molar-refractivity contribution in [1.29, 1.82) is 0 Å². The van der Waals surface area contributed by atoms with Crippen molar-refractivity contribution in [3.63, 3.8) is 0 Å². The fourth-order valence-corrected chi connectivity index (χ4v) is 2.29. The summed E-state index contributed by atoms with van der Waals surface area (Å²) in [4.78, 5) is 10.7. The molecule has 0 saturated carbocycles. The van der Waals surface area contributed by atoms with Crippen LogP contribution < -0.4 is 5.32 Å². The molecule has 0 radical (unpaired) electrons. The highest BCUT2D eigenvalue weighted by atomic mass is 79.9. The first-order valence-corrected chi connectivity index (χ1v) is 6.58. The predicted octanol–water partition coefficient (Wildman–Crippen LogP) is 4.18. The average molecular weight is 360 g/mol. The van der Waals surface area contributed by atoms with E-state index in [2.05, 4.69) is 21.2 Å². The van der Waals surface area contributed by atoms with Crippen molar-refractivity contribution in [3.8, 4) is 0 Å². The molecular formula is C14H9BrF3NO2. The summed E-state index contributed by atoms with van der Waals surface area (Å²) >= 11 is 3.02.